The molecule has 0 N–H and O–H groups in total. The van der Waals surface area contributed by atoms with Gasteiger partial charge in [0.1, 0.15) is 4.83 Å². The van der Waals surface area contributed by atoms with E-state index in [-0.39, 0.29) is 10.6 Å². The molecule has 0 saturated heterocycles. The maximum atomic E-state index is 12.0. The molecule has 1 unspecified atom stereocenters. The number of aryl methyl sites for hydroxylation is 1. The van der Waals surface area contributed by atoms with E-state index in [0.29, 0.717) is 0 Å². The van der Waals surface area contributed by atoms with Crippen LogP contribution >= 0.6 is 38.6 Å². The van der Waals surface area contributed by atoms with E-state index in [4.69, 9.17) is 0 Å². The molecule has 2 aromatic heterocycles. The molecule has 0 aliphatic carbocycles. The Bertz CT molecular complexity index is 459. The molecule has 1 nitrogen and oxygen atoms in total. The first-order valence-electron chi connectivity index (χ1n) is 4.45. The standard InChI is InChI=1S/C11H9BrOS2/c1-7-5-9(15-6-7)10(12)11(13)8-3-2-4-14-8/h2-6,10H,1H3. The van der Waals surface area contributed by atoms with Gasteiger partial charge in [0, 0.05) is 4.88 Å². The molecule has 0 aliphatic heterocycles. The highest BCUT2D eigenvalue weighted by atomic mass is 79.9. The Balaban J connectivity index is 2.22. The Kier molecular flexibility index (Phi) is 3.38. The average Bonchev–Trinajstić information content (AvgIpc) is 2.85. The molecule has 2 aromatic rings. The van der Waals surface area contributed by atoms with Gasteiger partial charge in [-0.3, -0.25) is 4.79 Å². The predicted molar refractivity (Wildman–Crippen MR) is 69.4 cm³/mol. The molecule has 0 spiro atoms. The van der Waals surface area contributed by atoms with E-state index in [0.717, 1.165) is 9.75 Å². The van der Waals surface area contributed by atoms with Crippen LogP contribution in [0.5, 0.6) is 0 Å². The monoisotopic (exact) mass is 300 g/mol. The van der Waals surface area contributed by atoms with Crippen molar-refractivity contribution in [2.75, 3.05) is 0 Å². The Morgan fingerprint density at radius 3 is 2.80 bits per heavy atom. The average molecular weight is 301 g/mol. The van der Waals surface area contributed by atoms with Crippen molar-refractivity contribution >= 4 is 44.4 Å². The first-order chi connectivity index (χ1) is 7.18. The molecule has 15 heavy (non-hydrogen) atoms. The molecule has 2 heterocycles. The van der Waals surface area contributed by atoms with Gasteiger partial charge < -0.3 is 0 Å². The van der Waals surface area contributed by atoms with Gasteiger partial charge in [0.05, 0.1) is 4.88 Å². The van der Waals surface area contributed by atoms with Gasteiger partial charge in [0.15, 0.2) is 5.78 Å². The number of thiophene rings is 2. The van der Waals surface area contributed by atoms with Gasteiger partial charge in [-0.15, -0.1) is 22.7 Å². The maximum absolute atomic E-state index is 12.0. The Labute approximate surface area is 105 Å². The van der Waals surface area contributed by atoms with Gasteiger partial charge >= 0.3 is 0 Å². The zero-order valence-electron chi connectivity index (χ0n) is 8.07. The minimum Gasteiger partial charge on any atom is -0.292 e. The fourth-order valence-electron chi connectivity index (χ4n) is 1.26. The molecule has 0 radical (unpaired) electrons. The van der Waals surface area contributed by atoms with E-state index >= 15 is 0 Å². The Morgan fingerprint density at radius 1 is 1.47 bits per heavy atom. The van der Waals surface area contributed by atoms with Crippen LogP contribution in [0, 0.1) is 6.92 Å². The molecule has 0 amide bonds. The Hall–Kier alpha value is -0.450. The number of ketones is 1. The third-order valence-corrected chi connectivity index (χ3v) is 5.21. The summed E-state index contributed by atoms with van der Waals surface area (Å²) < 4.78 is 0. The van der Waals surface area contributed by atoms with Crippen molar-refractivity contribution < 1.29 is 4.79 Å². The topological polar surface area (TPSA) is 17.1 Å². The van der Waals surface area contributed by atoms with Crippen LogP contribution in [0.3, 0.4) is 0 Å². The molecule has 2 rings (SSSR count). The lowest BCUT2D eigenvalue weighted by Crippen LogP contribution is -2.03. The van der Waals surface area contributed by atoms with Crippen molar-refractivity contribution in [2.24, 2.45) is 0 Å². The second-order valence-electron chi connectivity index (χ2n) is 3.23. The fraction of sp³-hybridized carbons (Fsp3) is 0.182. The van der Waals surface area contributed by atoms with Gasteiger partial charge in [-0.1, -0.05) is 22.0 Å². The highest BCUT2D eigenvalue weighted by Gasteiger charge is 2.20. The highest BCUT2D eigenvalue weighted by molar-refractivity contribution is 9.09. The summed E-state index contributed by atoms with van der Waals surface area (Å²) in [6, 6.07) is 5.81. The van der Waals surface area contributed by atoms with Gasteiger partial charge in [-0.05, 0) is 35.4 Å². The van der Waals surface area contributed by atoms with Crippen LogP contribution in [0.4, 0.5) is 0 Å². The lowest BCUT2D eigenvalue weighted by Gasteiger charge is -2.03. The van der Waals surface area contributed by atoms with E-state index in [1.807, 2.05) is 24.4 Å². The molecule has 1 atom stereocenters. The predicted octanol–water partition coefficient (Wildman–Crippen LogP) is 4.44. The summed E-state index contributed by atoms with van der Waals surface area (Å²) in [5.74, 6) is 0.145. The van der Waals surface area contributed by atoms with E-state index in [9.17, 15) is 4.79 Å². The SMILES string of the molecule is Cc1csc(C(Br)C(=O)c2cccs2)c1. The third-order valence-electron chi connectivity index (χ3n) is 1.99. The van der Waals surface area contributed by atoms with Crippen LogP contribution in [0.2, 0.25) is 0 Å². The van der Waals surface area contributed by atoms with E-state index in [1.165, 1.54) is 16.9 Å². The molecule has 78 valence electrons. The van der Waals surface area contributed by atoms with Crippen LogP contribution in [0.15, 0.2) is 29.0 Å². The summed E-state index contributed by atoms with van der Waals surface area (Å²) in [7, 11) is 0. The fourth-order valence-corrected chi connectivity index (χ4v) is 3.68. The van der Waals surface area contributed by atoms with Crippen LogP contribution < -0.4 is 0 Å². The van der Waals surface area contributed by atoms with E-state index < -0.39 is 0 Å². The summed E-state index contributed by atoms with van der Waals surface area (Å²) in [6.07, 6.45) is 0. The zero-order chi connectivity index (χ0) is 10.8. The summed E-state index contributed by atoms with van der Waals surface area (Å²) in [5, 5.41) is 3.98. The van der Waals surface area contributed by atoms with Crippen LogP contribution in [-0.4, -0.2) is 5.78 Å². The van der Waals surface area contributed by atoms with Crippen molar-refractivity contribution in [3.8, 4) is 0 Å². The molecule has 0 aromatic carbocycles. The van der Waals surface area contributed by atoms with E-state index in [1.54, 1.807) is 11.3 Å². The number of hydrogen-bond acceptors (Lipinski definition) is 3. The molecule has 0 saturated carbocycles. The second kappa shape index (κ2) is 4.60. The number of carbonyl (C=O) groups is 1. The van der Waals surface area contributed by atoms with Crippen LogP contribution in [0.25, 0.3) is 0 Å². The molecule has 0 bridgehead atoms. The number of hydrogen-bond donors (Lipinski definition) is 0. The van der Waals surface area contributed by atoms with Gasteiger partial charge in [0.2, 0.25) is 0 Å². The van der Waals surface area contributed by atoms with Crippen LogP contribution in [-0.2, 0) is 0 Å². The van der Waals surface area contributed by atoms with Gasteiger partial charge in [-0.2, -0.15) is 0 Å². The molecular formula is C11H9BrOS2. The van der Waals surface area contributed by atoms with Crippen molar-refractivity contribution in [2.45, 2.75) is 11.8 Å². The number of alkyl halides is 1. The quantitative estimate of drug-likeness (QED) is 0.605. The summed E-state index contributed by atoms with van der Waals surface area (Å²) >= 11 is 6.56. The first kappa shape index (κ1) is 11.0. The molecule has 0 aliphatic rings. The van der Waals surface area contributed by atoms with Crippen LogP contribution in [0.1, 0.15) is 24.9 Å². The summed E-state index contributed by atoms with van der Waals surface area (Å²) in [5.41, 5.74) is 1.21. The van der Waals surface area contributed by atoms with Crippen molar-refractivity contribution in [1.29, 1.82) is 0 Å². The van der Waals surface area contributed by atoms with Crippen molar-refractivity contribution in [1.82, 2.24) is 0 Å². The first-order valence-corrected chi connectivity index (χ1v) is 7.13. The largest absolute Gasteiger partial charge is 0.292 e. The Morgan fingerprint density at radius 2 is 2.27 bits per heavy atom. The minimum atomic E-state index is -0.199. The van der Waals surface area contributed by atoms with E-state index in [2.05, 4.69) is 27.4 Å². The van der Waals surface area contributed by atoms with Gasteiger partial charge in [0.25, 0.3) is 0 Å². The number of halogens is 1. The minimum absolute atomic E-state index is 0.145. The second-order valence-corrected chi connectivity index (χ2v) is 6.04. The number of rotatable bonds is 3. The lowest BCUT2D eigenvalue weighted by atomic mass is 10.2. The van der Waals surface area contributed by atoms with Gasteiger partial charge in [-0.25, -0.2) is 0 Å². The number of Topliss-reactive ketones (excluding diaryl/α,β-unsaturated/α-hetero) is 1. The van der Waals surface area contributed by atoms with Crippen molar-refractivity contribution in [3.05, 3.63) is 44.3 Å². The smallest absolute Gasteiger partial charge is 0.191 e. The van der Waals surface area contributed by atoms with Crippen molar-refractivity contribution in [3.63, 3.8) is 0 Å². The third kappa shape index (κ3) is 2.38. The lowest BCUT2D eigenvalue weighted by molar-refractivity contribution is 0.0996. The zero-order valence-corrected chi connectivity index (χ0v) is 11.3. The summed E-state index contributed by atoms with van der Waals surface area (Å²) in [6.45, 7) is 2.04. The molecular weight excluding hydrogens is 292 g/mol. The maximum Gasteiger partial charge on any atom is 0.191 e. The molecule has 4 heteroatoms. The summed E-state index contributed by atoms with van der Waals surface area (Å²) in [4.78, 5) is 13.7. The molecule has 0 fully saturated rings. The highest BCUT2D eigenvalue weighted by Crippen LogP contribution is 2.32. The number of carbonyl (C=O) groups excluding carboxylic acids is 1. The normalized spacial score (nSPS) is 12.7.